The van der Waals surface area contributed by atoms with E-state index < -0.39 is 0 Å². The van der Waals surface area contributed by atoms with Gasteiger partial charge in [0.15, 0.2) is 0 Å². The Bertz CT molecular complexity index is 613. The first-order valence-electron chi connectivity index (χ1n) is 15.0. The number of nitrogens with one attached hydrogen (secondary N) is 6. The van der Waals surface area contributed by atoms with Crippen LogP contribution in [-0.4, -0.2) is 115 Å². The molecule has 2 rings (SSSR count). The van der Waals surface area contributed by atoms with Crippen molar-refractivity contribution in [2.45, 2.75) is 45.7 Å². The van der Waals surface area contributed by atoms with Crippen LogP contribution in [0.4, 0.5) is 0 Å². The van der Waals surface area contributed by atoms with Gasteiger partial charge in [-0.3, -0.25) is 9.80 Å². The molecule has 37 heavy (non-hydrogen) atoms. The van der Waals surface area contributed by atoms with E-state index in [1.165, 1.54) is 36.8 Å². The van der Waals surface area contributed by atoms with Gasteiger partial charge in [-0.15, -0.1) is 0 Å². The highest BCUT2D eigenvalue weighted by Gasteiger charge is 2.09. The van der Waals surface area contributed by atoms with Gasteiger partial charge in [-0.1, -0.05) is 31.2 Å². The van der Waals surface area contributed by atoms with E-state index in [4.69, 9.17) is 0 Å². The van der Waals surface area contributed by atoms with Crippen LogP contribution in [0.5, 0.6) is 0 Å². The van der Waals surface area contributed by atoms with Crippen molar-refractivity contribution < 1.29 is 0 Å². The number of rotatable bonds is 16. The molecule has 0 atom stereocenters. The number of hydrogen-bond acceptors (Lipinski definition) is 8. The van der Waals surface area contributed by atoms with Gasteiger partial charge in [0.25, 0.3) is 0 Å². The van der Waals surface area contributed by atoms with Gasteiger partial charge in [0.1, 0.15) is 0 Å². The molecule has 1 aromatic carbocycles. The zero-order valence-electron chi connectivity index (χ0n) is 24.1. The third-order valence-electron chi connectivity index (χ3n) is 6.86. The fourth-order valence-electron chi connectivity index (χ4n) is 4.72. The lowest BCUT2D eigenvalue weighted by Gasteiger charge is -2.24. The van der Waals surface area contributed by atoms with Crippen molar-refractivity contribution in [3.8, 4) is 0 Å². The second kappa shape index (κ2) is 22.8. The molecule has 1 saturated heterocycles. The molecule has 0 saturated carbocycles. The molecule has 0 aliphatic carbocycles. The van der Waals surface area contributed by atoms with E-state index in [1.807, 2.05) is 7.05 Å². The Hall–Kier alpha value is -1.10. The Kier molecular flexibility index (Phi) is 19.8. The molecule has 1 fully saturated rings. The summed E-state index contributed by atoms with van der Waals surface area (Å²) in [5.74, 6) is 0. The predicted octanol–water partition coefficient (Wildman–Crippen LogP) is 1.05. The fraction of sp³-hybridized carbons (Fsp3) is 0.793. The quantitative estimate of drug-likeness (QED) is 0.181. The number of nitrogens with zero attached hydrogens (tertiary/aromatic N) is 2. The topological polar surface area (TPSA) is 78.7 Å². The van der Waals surface area contributed by atoms with E-state index in [2.05, 4.69) is 72.9 Å². The summed E-state index contributed by atoms with van der Waals surface area (Å²) >= 11 is 0. The molecule has 1 heterocycles. The van der Waals surface area contributed by atoms with Gasteiger partial charge in [0, 0.05) is 65.4 Å². The largest absolute Gasteiger partial charge is 0.318 e. The lowest BCUT2D eigenvalue weighted by Crippen LogP contribution is -2.36. The Balaban J connectivity index is 1.71. The maximum Gasteiger partial charge on any atom is 0.0234 e. The molecule has 0 aromatic heterocycles. The van der Waals surface area contributed by atoms with Crippen LogP contribution in [0.3, 0.4) is 0 Å². The molecule has 1 aliphatic heterocycles. The molecule has 0 radical (unpaired) electrons. The maximum absolute atomic E-state index is 3.62. The van der Waals surface area contributed by atoms with Crippen LogP contribution < -0.4 is 31.9 Å². The molecule has 0 unspecified atom stereocenters. The average Bonchev–Trinajstić information content (AvgIpc) is 2.91. The van der Waals surface area contributed by atoms with Crippen molar-refractivity contribution in [3.05, 3.63) is 35.4 Å². The lowest BCUT2D eigenvalue weighted by atomic mass is 10.1. The molecule has 8 heteroatoms. The predicted molar refractivity (Wildman–Crippen MR) is 159 cm³/mol. The molecule has 0 bridgehead atoms. The van der Waals surface area contributed by atoms with Crippen molar-refractivity contribution in [1.82, 2.24) is 41.7 Å². The van der Waals surface area contributed by atoms with Crippen molar-refractivity contribution in [3.63, 3.8) is 0 Å². The highest BCUT2D eigenvalue weighted by Crippen LogP contribution is 2.11. The monoisotopic (exact) mass is 518 g/mol. The van der Waals surface area contributed by atoms with Crippen LogP contribution in [0.15, 0.2) is 24.3 Å². The zero-order valence-corrected chi connectivity index (χ0v) is 24.1. The van der Waals surface area contributed by atoms with Crippen LogP contribution >= 0.6 is 0 Å². The molecular formula is C29H58N8. The van der Waals surface area contributed by atoms with Gasteiger partial charge in [-0.25, -0.2) is 0 Å². The minimum Gasteiger partial charge on any atom is -0.318 e. The fourth-order valence-corrected chi connectivity index (χ4v) is 4.72. The summed E-state index contributed by atoms with van der Waals surface area (Å²) < 4.78 is 0. The van der Waals surface area contributed by atoms with Crippen LogP contribution in [0.2, 0.25) is 0 Å². The first kappa shape index (κ1) is 32.1. The summed E-state index contributed by atoms with van der Waals surface area (Å²) in [6.45, 7) is 20.7. The SMILES string of the molecule is CCCN(CCNCCCNCCNC)Cc1ccc(CN2CCCNCCNCCCNCC2)cc1. The molecule has 1 aromatic rings. The van der Waals surface area contributed by atoms with E-state index >= 15 is 0 Å². The van der Waals surface area contributed by atoms with Crippen LogP contribution in [0, 0.1) is 0 Å². The average molecular weight is 519 g/mol. The molecule has 8 nitrogen and oxygen atoms in total. The number of likely N-dealkylation sites (N-methyl/N-ethyl adjacent to an activating group) is 1. The molecule has 214 valence electrons. The summed E-state index contributed by atoms with van der Waals surface area (Å²) in [6.07, 6.45) is 4.77. The third kappa shape index (κ3) is 17.2. The summed E-state index contributed by atoms with van der Waals surface area (Å²) in [5.41, 5.74) is 2.85. The third-order valence-corrected chi connectivity index (χ3v) is 6.86. The van der Waals surface area contributed by atoms with Crippen molar-refractivity contribution in [2.75, 3.05) is 105 Å². The second-order valence-corrected chi connectivity index (χ2v) is 10.3. The summed E-state index contributed by atoms with van der Waals surface area (Å²) in [7, 11) is 2.00. The van der Waals surface area contributed by atoms with Gasteiger partial charge in [0.2, 0.25) is 0 Å². The maximum atomic E-state index is 3.62. The highest BCUT2D eigenvalue weighted by molar-refractivity contribution is 5.22. The summed E-state index contributed by atoms with van der Waals surface area (Å²) in [6, 6.07) is 9.39. The smallest absolute Gasteiger partial charge is 0.0234 e. The molecule has 0 amide bonds. The van der Waals surface area contributed by atoms with E-state index in [0.29, 0.717) is 0 Å². The van der Waals surface area contributed by atoms with Gasteiger partial charge >= 0.3 is 0 Å². The van der Waals surface area contributed by atoms with Gasteiger partial charge in [0.05, 0.1) is 0 Å². The van der Waals surface area contributed by atoms with E-state index in [-0.39, 0.29) is 0 Å². The molecule has 6 N–H and O–H groups in total. The minimum atomic E-state index is 1.03. The van der Waals surface area contributed by atoms with Gasteiger partial charge < -0.3 is 31.9 Å². The van der Waals surface area contributed by atoms with Crippen LogP contribution in [0.25, 0.3) is 0 Å². The summed E-state index contributed by atoms with van der Waals surface area (Å²) in [5, 5.41) is 21.0. The van der Waals surface area contributed by atoms with Crippen molar-refractivity contribution in [1.29, 1.82) is 0 Å². The Morgan fingerprint density at radius 2 is 1.41 bits per heavy atom. The van der Waals surface area contributed by atoms with Crippen LogP contribution in [0.1, 0.15) is 43.7 Å². The molecule has 0 spiro atoms. The van der Waals surface area contributed by atoms with Crippen LogP contribution in [-0.2, 0) is 13.1 Å². The zero-order chi connectivity index (χ0) is 26.2. The normalized spacial score (nSPS) is 17.2. The lowest BCUT2D eigenvalue weighted by molar-refractivity contribution is 0.259. The number of benzene rings is 1. The highest BCUT2D eigenvalue weighted by atomic mass is 15.1. The minimum absolute atomic E-state index is 1.03. The van der Waals surface area contributed by atoms with E-state index in [0.717, 1.165) is 111 Å². The first-order valence-corrected chi connectivity index (χ1v) is 15.0. The Morgan fingerprint density at radius 1 is 0.730 bits per heavy atom. The first-order chi connectivity index (χ1) is 18.3. The van der Waals surface area contributed by atoms with E-state index in [9.17, 15) is 0 Å². The standard InChI is InChI=1S/C29H58N8/c1-3-22-36(24-20-34-13-4-11-31-17-16-30-2)26-28-7-9-29(10-8-28)27-37-23-6-15-33-19-18-32-12-5-14-35-21-25-37/h7-10,30-35H,3-6,11-27H2,1-2H3. The molecular weight excluding hydrogens is 460 g/mol. The van der Waals surface area contributed by atoms with Crippen molar-refractivity contribution in [2.24, 2.45) is 0 Å². The van der Waals surface area contributed by atoms with Crippen molar-refractivity contribution >= 4 is 0 Å². The van der Waals surface area contributed by atoms with E-state index in [1.54, 1.807) is 0 Å². The van der Waals surface area contributed by atoms with Gasteiger partial charge in [-0.05, 0) is 89.7 Å². The Morgan fingerprint density at radius 3 is 2.14 bits per heavy atom. The molecule has 1 aliphatic rings. The Labute approximate surface area is 228 Å². The van der Waals surface area contributed by atoms with Gasteiger partial charge in [-0.2, -0.15) is 0 Å². The second-order valence-electron chi connectivity index (χ2n) is 10.3. The number of hydrogen-bond donors (Lipinski definition) is 6. The summed E-state index contributed by atoms with van der Waals surface area (Å²) in [4.78, 5) is 5.20.